The summed E-state index contributed by atoms with van der Waals surface area (Å²) in [5, 5.41) is 0. The van der Waals surface area contributed by atoms with Crippen LogP contribution in [0, 0.1) is 5.82 Å². The van der Waals surface area contributed by atoms with E-state index >= 15 is 0 Å². The first-order chi connectivity index (χ1) is 15.1. The highest BCUT2D eigenvalue weighted by molar-refractivity contribution is 7.95. The molecule has 5 rings (SSSR count). The number of rotatable bonds is 5. The van der Waals surface area contributed by atoms with Gasteiger partial charge < -0.3 is 13.7 Å². The molecule has 0 aromatic heterocycles. The van der Waals surface area contributed by atoms with Crippen molar-refractivity contribution in [2.75, 3.05) is 20.8 Å². The number of nitrogens with zero attached hydrogens (tertiary/aromatic N) is 1. The highest BCUT2D eigenvalue weighted by atomic mass is 32.2. The fourth-order valence-electron chi connectivity index (χ4n) is 4.54. The zero-order valence-electron chi connectivity index (χ0n) is 17.6. The molecule has 1 unspecified atom stereocenters. The van der Waals surface area contributed by atoms with Crippen LogP contribution in [-0.2, 0) is 19.4 Å². The van der Waals surface area contributed by atoms with Gasteiger partial charge >= 0.3 is 0 Å². The highest BCUT2D eigenvalue weighted by Crippen LogP contribution is 2.43. The number of ether oxygens (including phenoxy) is 2. The minimum atomic E-state index is -0.278. The summed E-state index contributed by atoms with van der Waals surface area (Å²) in [6, 6.07) is 17.3. The lowest BCUT2D eigenvalue weighted by Gasteiger charge is -2.41. The molecule has 4 nitrogen and oxygen atoms in total. The Balaban J connectivity index is 1.41. The molecule has 0 amide bonds. The molecular formula is C25H24FNO3S. The summed E-state index contributed by atoms with van der Waals surface area (Å²) in [5.74, 6) is 2.00. The second-order valence-corrected chi connectivity index (χ2v) is 8.71. The Bertz CT molecular complexity index is 1120. The van der Waals surface area contributed by atoms with E-state index in [-0.39, 0.29) is 5.82 Å². The Morgan fingerprint density at radius 2 is 1.81 bits per heavy atom. The van der Waals surface area contributed by atoms with Crippen molar-refractivity contribution in [3.8, 4) is 17.2 Å². The molecule has 0 aliphatic carbocycles. The van der Waals surface area contributed by atoms with Crippen molar-refractivity contribution >= 4 is 12.0 Å². The molecule has 2 aliphatic heterocycles. The third kappa shape index (κ3) is 3.98. The van der Waals surface area contributed by atoms with Crippen molar-refractivity contribution in [3.05, 3.63) is 82.7 Å². The SMILES string of the molecule is COc1ccc2c(c1)CCN1Cc3cc(OSc4cccc(F)c4)c(OC)cc3CC21. The van der Waals surface area contributed by atoms with Crippen LogP contribution in [0.5, 0.6) is 17.2 Å². The van der Waals surface area contributed by atoms with Crippen LogP contribution >= 0.6 is 12.0 Å². The van der Waals surface area contributed by atoms with Crippen LogP contribution in [0.1, 0.15) is 28.3 Å². The van der Waals surface area contributed by atoms with Crippen LogP contribution in [0.3, 0.4) is 0 Å². The average molecular weight is 438 g/mol. The minimum Gasteiger partial charge on any atom is -0.497 e. The third-order valence-electron chi connectivity index (χ3n) is 6.11. The van der Waals surface area contributed by atoms with Gasteiger partial charge in [-0.15, -0.1) is 0 Å². The van der Waals surface area contributed by atoms with E-state index < -0.39 is 0 Å². The van der Waals surface area contributed by atoms with Crippen LogP contribution in [-0.4, -0.2) is 25.7 Å². The van der Waals surface area contributed by atoms with Crippen molar-refractivity contribution in [1.82, 2.24) is 4.90 Å². The number of fused-ring (bicyclic) bond motifs is 4. The van der Waals surface area contributed by atoms with E-state index in [1.807, 2.05) is 6.07 Å². The zero-order valence-corrected chi connectivity index (χ0v) is 18.4. The summed E-state index contributed by atoms with van der Waals surface area (Å²) in [7, 11) is 3.37. The van der Waals surface area contributed by atoms with Gasteiger partial charge in [0, 0.05) is 19.1 Å². The first kappa shape index (κ1) is 20.2. The van der Waals surface area contributed by atoms with Gasteiger partial charge in [0.25, 0.3) is 0 Å². The summed E-state index contributed by atoms with van der Waals surface area (Å²) in [4.78, 5) is 3.25. The molecule has 3 aromatic rings. The lowest BCUT2D eigenvalue weighted by Crippen LogP contribution is -2.39. The Morgan fingerprint density at radius 3 is 2.61 bits per heavy atom. The predicted molar refractivity (Wildman–Crippen MR) is 119 cm³/mol. The maximum Gasteiger partial charge on any atom is 0.180 e. The first-order valence-electron chi connectivity index (χ1n) is 10.4. The second-order valence-electron chi connectivity index (χ2n) is 7.90. The van der Waals surface area contributed by atoms with Gasteiger partial charge in [0.1, 0.15) is 11.6 Å². The van der Waals surface area contributed by atoms with Gasteiger partial charge in [-0.1, -0.05) is 12.1 Å². The smallest absolute Gasteiger partial charge is 0.180 e. The molecule has 0 saturated carbocycles. The van der Waals surface area contributed by atoms with Crippen LogP contribution in [0.15, 0.2) is 59.5 Å². The van der Waals surface area contributed by atoms with E-state index in [1.165, 1.54) is 34.4 Å². The summed E-state index contributed by atoms with van der Waals surface area (Å²) >= 11 is 1.14. The second kappa shape index (κ2) is 8.44. The zero-order chi connectivity index (χ0) is 21.4. The molecule has 31 heavy (non-hydrogen) atoms. The van der Waals surface area contributed by atoms with Crippen molar-refractivity contribution in [2.24, 2.45) is 0 Å². The van der Waals surface area contributed by atoms with E-state index in [0.29, 0.717) is 22.4 Å². The minimum absolute atomic E-state index is 0.278. The largest absolute Gasteiger partial charge is 0.497 e. The molecule has 0 radical (unpaired) electrons. The average Bonchev–Trinajstić information content (AvgIpc) is 2.80. The first-order valence-corrected chi connectivity index (χ1v) is 11.1. The van der Waals surface area contributed by atoms with Gasteiger partial charge in [-0.05, 0) is 77.6 Å². The molecule has 2 aliphatic rings. The maximum atomic E-state index is 13.5. The number of hydrogen-bond acceptors (Lipinski definition) is 5. The van der Waals surface area contributed by atoms with Gasteiger partial charge in [-0.2, -0.15) is 0 Å². The monoisotopic (exact) mass is 437 g/mol. The number of halogens is 1. The Labute approximate surface area is 186 Å². The molecule has 1 atom stereocenters. The molecule has 3 aromatic carbocycles. The van der Waals surface area contributed by atoms with Gasteiger partial charge in [0.2, 0.25) is 0 Å². The van der Waals surface area contributed by atoms with E-state index in [2.05, 4.69) is 35.2 Å². The van der Waals surface area contributed by atoms with Crippen LogP contribution < -0.4 is 13.7 Å². The van der Waals surface area contributed by atoms with Crippen molar-refractivity contribution in [3.63, 3.8) is 0 Å². The Hall–Kier alpha value is -2.70. The quantitative estimate of drug-likeness (QED) is 0.486. The maximum absolute atomic E-state index is 13.5. The Morgan fingerprint density at radius 1 is 0.935 bits per heavy atom. The summed E-state index contributed by atoms with van der Waals surface area (Å²) in [5.41, 5.74) is 5.30. The van der Waals surface area contributed by atoms with Crippen molar-refractivity contribution in [1.29, 1.82) is 0 Å². The summed E-state index contributed by atoms with van der Waals surface area (Å²) in [6.07, 6.45) is 1.95. The fraction of sp³-hybridized carbons (Fsp3) is 0.280. The van der Waals surface area contributed by atoms with Gasteiger partial charge in [-0.25, -0.2) is 4.39 Å². The van der Waals surface area contributed by atoms with Crippen LogP contribution in [0.25, 0.3) is 0 Å². The predicted octanol–water partition coefficient (Wildman–Crippen LogP) is 5.58. The number of hydrogen-bond donors (Lipinski definition) is 0. The topological polar surface area (TPSA) is 30.9 Å². The molecular weight excluding hydrogens is 413 g/mol. The number of benzene rings is 3. The molecule has 0 N–H and O–H groups in total. The van der Waals surface area contributed by atoms with Crippen LogP contribution in [0.2, 0.25) is 0 Å². The lowest BCUT2D eigenvalue weighted by molar-refractivity contribution is 0.160. The van der Waals surface area contributed by atoms with Gasteiger partial charge in [0.15, 0.2) is 11.5 Å². The third-order valence-corrected chi connectivity index (χ3v) is 6.82. The van der Waals surface area contributed by atoms with E-state index in [9.17, 15) is 4.39 Å². The molecule has 6 heteroatoms. The molecule has 2 heterocycles. The van der Waals surface area contributed by atoms with Crippen molar-refractivity contribution < 1.29 is 18.0 Å². The highest BCUT2D eigenvalue weighted by Gasteiger charge is 2.33. The molecule has 160 valence electrons. The molecule has 0 bridgehead atoms. The number of methoxy groups -OCH3 is 2. The molecule has 0 spiro atoms. The standard InChI is InChI=1S/C25H24FNO3S/c1-28-20-6-7-22-16(10-20)8-9-27-15-18-13-25(24(29-2)12-17(18)11-23(22)27)30-31-21-5-3-4-19(26)14-21/h3-7,10,12-14,23H,8-9,11,15H2,1-2H3. The fourth-order valence-corrected chi connectivity index (χ4v) is 5.15. The van der Waals surface area contributed by atoms with E-state index in [1.54, 1.807) is 20.3 Å². The normalized spacial score (nSPS) is 17.3. The van der Waals surface area contributed by atoms with E-state index in [4.69, 9.17) is 13.7 Å². The Kier molecular flexibility index (Phi) is 5.50. The molecule has 0 saturated heterocycles. The van der Waals surface area contributed by atoms with Crippen LogP contribution in [0.4, 0.5) is 4.39 Å². The van der Waals surface area contributed by atoms with Gasteiger partial charge in [0.05, 0.1) is 31.2 Å². The molecule has 0 fully saturated rings. The van der Waals surface area contributed by atoms with Gasteiger partial charge in [-0.3, -0.25) is 4.90 Å². The van der Waals surface area contributed by atoms with E-state index in [0.717, 1.165) is 43.7 Å². The summed E-state index contributed by atoms with van der Waals surface area (Å²) in [6.45, 7) is 1.89. The summed E-state index contributed by atoms with van der Waals surface area (Å²) < 4.78 is 30.4. The van der Waals surface area contributed by atoms with Crippen molar-refractivity contribution in [2.45, 2.75) is 30.3 Å². The lowest BCUT2D eigenvalue weighted by atomic mass is 9.84.